The molecule has 0 saturated heterocycles. The van der Waals surface area contributed by atoms with Crippen LogP contribution in [0.5, 0.6) is 0 Å². The van der Waals surface area contributed by atoms with E-state index in [-0.39, 0.29) is 5.91 Å². The highest BCUT2D eigenvalue weighted by Gasteiger charge is 2.12. The number of hydrogen-bond acceptors (Lipinski definition) is 2. The van der Waals surface area contributed by atoms with E-state index in [0.29, 0.717) is 12.2 Å². The van der Waals surface area contributed by atoms with Gasteiger partial charge in [-0.3, -0.25) is 9.48 Å². The molecule has 90 valence electrons. The average Bonchev–Trinajstić information content (AvgIpc) is 2.72. The van der Waals surface area contributed by atoms with Crippen LogP contribution in [0.3, 0.4) is 0 Å². The molecule has 1 rings (SSSR count). The van der Waals surface area contributed by atoms with Crippen molar-refractivity contribution in [3.8, 4) is 0 Å². The van der Waals surface area contributed by atoms with Crippen LogP contribution < -0.4 is 5.32 Å². The first kappa shape index (κ1) is 13.2. The van der Waals surface area contributed by atoms with Crippen LogP contribution in [0.15, 0.2) is 6.07 Å². The Morgan fingerprint density at radius 1 is 1.56 bits per heavy atom. The molecule has 0 aliphatic heterocycles. The summed E-state index contributed by atoms with van der Waals surface area (Å²) in [6.07, 6.45) is 1.79. The van der Waals surface area contributed by atoms with Gasteiger partial charge in [0.15, 0.2) is 0 Å². The molecule has 1 aromatic rings. The molecule has 1 aromatic heterocycles. The molecule has 1 heterocycles. The number of aromatic nitrogens is 2. The van der Waals surface area contributed by atoms with Crippen molar-refractivity contribution in [3.05, 3.63) is 17.5 Å². The van der Waals surface area contributed by atoms with E-state index in [0.717, 1.165) is 30.4 Å². The van der Waals surface area contributed by atoms with Crippen molar-refractivity contribution in [2.24, 2.45) is 0 Å². The first-order valence-electron chi connectivity index (χ1n) is 5.63. The standard InChI is InChI=1S/C11H18BrN3O/c1-3-9-8-10(15(4-2)14-9)11(16)13-7-5-6-12/h8H,3-7H2,1-2H3,(H,13,16). The van der Waals surface area contributed by atoms with Gasteiger partial charge < -0.3 is 5.32 Å². The molecule has 5 heteroatoms. The first-order valence-corrected chi connectivity index (χ1v) is 6.75. The number of nitrogens with zero attached hydrogens (tertiary/aromatic N) is 2. The van der Waals surface area contributed by atoms with Crippen molar-refractivity contribution in [2.45, 2.75) is 33.2 Å². The van der Waals surface area contributed by atoms with Crippen molar-refractivity contribution in [1.82, 2.24) is 15.1 Å². The van der Waals surface area contributed by atoms with E-state index in [1.807, 2.05) is 19.9 Å². The van der Waals surface area contributed by atoms with Crippen molar-refractivity contribution in [3.63, 3.8) is 0 Å². The second kappa shape index (κ2) is 6.68. The Morgan fingerprint density at radius 3 is 2.88 bits per heavy atom. The van der Waals surface area contributed by atoms with Crippen LogP contribution in [0.25, 0.3) is 0 Å². The molecular formula is C11H18BrN3O. The summed E-state index contributed by atoms with van der Waals surface area (Å²) in [4.78, 5) is 11.8. The highest BCUT2D eigenvalue weighted by atomic mass is 79.9. The summed E-state index contributed by atoms with van der Waals surface area (Å²) in [5.74, 6) is -0.0324. The molecule has 0 fully saturated rings. The summed E-state index contributed by atoms with van der Waals surface area (Å²) < 4.78 is 1.75. The fraction of sp³-hybridized carbons (Fsp3) is 0.636. The van der Waals surface area contributed by atoms with Crippen LogP contribution in [-0.2, 0) is 13.0 Å². The molecule has 0 saturated carbocycles. The maximum absolute atomic E-state index is 11.8. The maximum Gasteiger partial charge on any atom is 0.269 e. The van der Waals surface area contributed by atoms with Gasteiger partial charge in [-0.15, -0.1) is 0 Å². The van der Waals surface area contributed by atoms with Crippen molar-refractivity contribution in [2.75, 3.05) is 11.9 Å². The lowest BCUT2D eigenvalue weighted by Crippen LogP contribution is -2.27. The van der Waals surface area contributed by atoms with Crippen LogP contribution in [0.4, 0.5) is 0 Å². The molecule has 0 unspecified atom stereocenters. The predicted octanol–water partition coefficient (Wildman–Crippen LogP) is 1.98. The number of aryl methyl sites for hydroxylation is 2. The summed E-state index contributed by atoms with van der Waals surface area (Å²) in [7, 11) is 0. The van der Waals surface area contributed by atoms with E-state index in [4.69, 9.17) is 0 Å². The van der Waals surface area contributed by atoms with Gasteiger partial charge in [-0.05, 0) is 25.8 Å². The van der Waals surface area contributed by atoms with E-state index < -0.39 is 0 Å². The van der Waals surface area contributed by atoms with Gasteiger partial charge >= 0.3 is 0 Å². The second-order valence-corrected chi connectivity index (χ2v) is 4.28. The Kier molecular flexibility index (Phi) is 5.52. The number of nitrogens with one attached hydrogen (secondary N) is 1. The van der Waals surface area contributed by atoms with E-state index in [9.17, 15) is 4.79 Å². The van der Waals surface area contributed by atoms with E-state index in [1.54, 1.807) is 4.68 Å². The predicted molar refractivity (Wildman–Crippen MR) is 68.0 cm³/mol. The van der Waals surface area contributed by atoms with E-state index in [2.05, 4.69) is 26.3 Å². The summed E-state index contributed by atoms with van der Waals surface area (Å²) in [6, 6.07) is 1.87. The van der Waals surface area contributed by atoms with Crippen molar-refractivity contribution in [1.29, 1.82) is 0 Å². The van der Waals surface area contributed by atoms with E-state index >= 15 is 0 Å². The van der Waals surface area contributed by atoms with Gasteiger partial charge in [0.25, 0.3) is 5.91 Å². The third-order valence-corrected chi connectivity index (χ3v) is 2.88. The van der Waals surface area contributed by atoms with Crippen LogP contribution in [0, 0.1) is 0 Å². The summed E-state index contributed by atoms with van der Waals surface area (Å²) in [6.45, 7) is 5.44. The Bertz CT molecular complexity index is 349. The lowest BCUT2D eigenvalue weighted by Gasteiger charge is -2.05. The maximum atomic E-state index is 11.8. The van der Waals surface area contributed by atoms with E-state index in [1.165, 1.54) is 0 Å². The van der Waals surface area contributed by atoms with Crippen LogP contribution in [-0.4, -0.2) is 27.6 Å². The summed E-state index contributed by atoms with van der Waals surface area (Å²) in [5.41, 5.74) is 1.63. The fourth-order valence-corrected chi connectivity index (χ4v) is 1.71. The van der Waals surface area contributed by atoms with Crippen molar-refractivity contribution >= 4 is 21.8 Å². The number of halogens is 1. The number of carbonyl (C=O) groups is 1. The number of amides is 1. The van der Waals surface area contributed by atoms with Crippen LogP contribution in [0.2, 0.25) is 0 Å². The smallest absolute Gasteiger partial charge is 0.269 e. The Balaban J connectivity index is 2.69. The molecule has 1 N–H and O–H groups in total. The molecule has 16 heavy (non-hydrogen) atoms. The molecule has 0 aliphatic rings. The average molecular weight is 288 g/mol. The van der Waals surface area contributed by atoms with Gasteiger partial charge in [0, 0.05) is 18.4 Å². The largest absolute Gasteiger partial charge is 0.351 e. The van der Waals surface area contributed by atoms with Gasteiger partial charge in [-0.2, -0.15) is 5.10 Å². The molecule has 0 aliphatic carbocycles. The SMILES string of the molecule is CCc1cc(C(=O)NCCCBr)n(CC)n1. The molecular weight excluding hydrogens is 270 g/mol. The van der Waals surface area contributed by atoms with Crippen LogP contribution >= 0.6 is 15.9 Å². The zero-order valence-electron chi connectivity index (χ0n) is 9.79. The number of hydrogen-bond donors (Lipinski definition) is 1. The lowest BCUT2D eigenvalue weighted by molar-refractivity contribution is 0.0943. The zero-order valence-corrected chi connectivity index (χ0v) is 11.4. The quantitative estimate of drug-likeness (QED) is 0.642. The second-order valence-electron chi connectivity index (χ2n) is 3.49. The summed E-state index contributed by atoms with van der Waals surface area (Å²) in [5, 5.41) is 8.13. The molecule has 0 radical (unpaired) electrons. The minimum atomic E-state index is -0.0324. The minimum Gasteiger partial charge on any atom is -0.351 e. The number of carbonyl (C=O) groups excluding carboxylic acids is 1. The monoisotopic (exact) mass is 287 g/mol. The highest BCUT2D eigenvalue weighted by molar-refractivity contribution is 9.09. The van der Waals surface area contributed by atoms with Gasteiger partial charge in [-0.1, -0.05) is 22.9 Å². The molecule has 0 atom stereocenters. The Hall–Kier alpha value is -0.840. The van der Waals surface area contributed by atoms with Crippen LogP contribution in [0.1, 0.15) is 36.5 Å². The molecule has 1 amide bonds. The number of alkyl halides is 1. The molecule has 0 spiro atoms. The molecule has 0 bridgehead atoms. The Morgan fingerprint density at radius 2 is 2.31 bits per heavy atom. The number of rotatable bonds is 6. The molecule has 4 nitrogen and oxygen atoms in total. The van der Waals surface area contributed by atoms with Gasteiger partial charge in [0.2, 0.25) is 0 Å². The first-order chi connectivity index (χ1) is 7.72. The topological polar surface area (TPSA) is 46.9 Å². The molecule has 0 aromatic carbocycles. The lowest BCUT2D eigenvalue weighted by atomic mass is 10.3. The van der Waals surface area contributed by atoms with Gasteiger partial charge in [-0.25, -0.2) is 0 Å². The van der Waals surface area contributed by atoms with Crippen molar-refractivity contribution < 1.29 is 4.79 Å². The highest BCUT2D eigenvalue weighted by Crippen LogP contribution is 2.05. The van der Waals surface area contributed by atoms with Gasteiger partial charge in [0.05, 0.1) is 5.69 Å². The fourth-order valence-electron chi connectivity index (χ4n) is 1.43. The summed E-state index contributed by atoms with van der Waals surface area (Å²) >= 11 is 3.33. The minimum absolute atomic E-state index is 0.0324. The zero-order chi connectivity index (χ0) is 12.0. The third kappa shape index (κ3) is 3.33. The Labute approximate surface area is 105 Å². The van der Waals surface area contributed by atoms with Gasteiger partial charge in [0.1, 0.15) is 5.69 Å². The normalized spacial score (nSPS) is 10.4. The third-order valence-electron chi connectivity index (χ3n) is 2.32.